The molecule has 0 fully saturated rings. The Morgan fingerprint density at radius 3 is 2.46 bits per heavy atom. The van der Waals surface area contributed by atoms with Crippen molar-refractivity contribution in [1.29, 1.82) is 0 Å². The van der Waals surface area contributed by atoms with Crippen molar-refractivity contribution in [3.63, 3.8) is 0 Å². The van der Waals surface area contributed by atoms with E-state index in [0.717, 1.165) is 22.5 Å². The van der Waals surface area contributed by atoms with Crippen LogP contribution in [0.15, 0.2) is 73.3 Å². The largest absolute Gasteiger partial charge is 0.425 e. The molecule has 2 heterocycles. The molecule has 0 amide bonds. The zero-order valence-corrected chi connectivity index (χ0v) is 13.3. The van der Waals surface area contributed by atoms with E-state index in [-0.39, 0.29) is 0 Å². The van der Waals surface area contributed by atoms with E-state index < -0.39 is 11.7 Å². The Bertz CT molecular complexity index is 943. The lowest BCUT2D eigenvalue weighted by Crippen LogP contribution is -2.38. The van der Waals surface area contributed by atoms with Crippen LogP contribution in [-0.2, 0) is 10.5 Å². The Labute approximate surface area is 140 Å². The Kier molecular flexibility index (Phi) is 3.13. The topological polar surface area (TPSA) is 44.1 Å². The molecule has 0 N–H and O–H groups in total. The van der Waals surface area contributed by atoms with E-state index in [1.54, 1.807) is 16.8 Å². The van der Waals surface area contributed by atoms with Gasteiger partial charge in [-0.1, -0.05) is 55.1 Å². The fraction of sp³-hybridized carbons (Fsp3) is 0.100. The maximum atomic E-state index is 12.8. The van der Waals surface area contributed by atoms with Gasteiger partial charge in [-0.15, -0.1) is 0 Å². The van der Waals surface area contributed by atoms with Gasteiger partial charge in [0, 0.05) is 11.1 Å². The first kappa shape index (κ1) is 14.5. The first-order valence-corrected chi connectivity index (χ1v) is 7.75. The van der Waals surface area contributed by atoms with Crippen LogP contribution in [0.25, 0.3) is 11.3 Å². The van der Waals surface area contributed by atoms with Crippen LogP contribution in [0, 0.1) is 6.92 Å². The summed E-state index contributed by atoms with van der Waals surface area (Å²) in [4.78, 5) is 12.8. The van der Waals surface area contributed by atoms with E-state index in [2.05, 4.69) is 11.7 Å². The summed E-state index contributed by atoms with van der Waals surface area (Å²) in [7, 11) is 0. The summed E-state index contributed by atoms with van der Waals surface area (Å²) < 4.78 is 7.69. The van der Waals surface area contributed by atoms with Crippen LogP contribution < -0.4 is 0 Å². The third kappa shape index (κ3) is 1.93. The Balaban J connectivity index is 2.08. The highest BCUT2D eigenvalue weighted by Gasteiger charge is 2.41. The molecule has 1 aliphatic rings. The number of carbonyl (C=O) groups is 1. The number of nitrogens with zero attached hydrogens (tertiary/aromatic N) is 2. The van der Waals surface area contributed by atoms with Crippen LogP contribution >= 0.6 is 0 Å². The number of carbonyl (C=O) groups excluding carboxylic acids is 1. The average molecular weight is 316 g/mol. The van der Waals surface area contributed by atoms with Crippen molar-refractivity contribution in [1.82, 2.24) is 9.78 Å². The number of aromatic nitrogens is 2. The van der Waals surface area contributed by atoms with Crippen LogP contribution in [0.1, 0.15) is 21.6 Å². The molecule has 0 radical (unpaired) electrons. The number of benzene rings is 2. The number of rotatable bonds is 2. The zero-order valence-electron chi connectivity index (χ0n) is 13.3. The van der Waals surface area contributed by atoms with E-state index in [9.17, 15) is 4.79 Å². The van der Waals surface area contributed by atoms with Gasteiger partial charge in [-0.25, -0.2) is 9.48 Å². The average Bonchev–Trinajstić information content (AvgIpc) is 2.98. The fourth-order valence-electron chi connectivity index (χ4n) is 3.17. The van der Waals surface area contributed by atoms with E-state index in [4.69, 9.17) is 4.74 Å². The zero-order chi connectivity index (χ0) is 16.7. The number of fused-ring (bicyclic) bond motifs is 3. The second-order valence-corrected chi connectivity index (χ2v) is 5.78. The minimum atomic E-state index is -1.18. The minimum absolute atomic E-state index is 0.391. The summed E-state index contributed by atoms with van der Waals surface area (Å²) in [6, 6.07) is 18.9. The second-order valence-electron chi connectivity index (χ2n) is 5.78. The monoisotopic (exact) mass is 316 g/mol. The number of cyclic esters (lactones) is 1. The van der Waals surface area contributed by atoms with E-state index in [1.165, 1.54) is 0 Å². The predicted molar refractivity (Wildman–Crippen MR) is 91.5 cm³/mol. The molecule has 0 spiro atoms. The lowest BCUT2D eigenvalue weighted by atomic mass is 10.0. The summed E-state index contributed by atoms with van der Waals surface area (Å²) in [6.07, 6.45) is 1.63. The molecule has 24 heavy (non-hydrogen) atoms. The van der Waals surface area contributed by atoms with Gasteiger partial charge in [0.2, 0.25) is 0 Å². The van der Waals surface area contributed by atoms with Crippen molar-refractivity contribution in [3.8, 4) is 11.3 Å². The van der Waals surface area contributed by atoms with Crippen molar-refractivity contribution < 1.29 is 9.53 Å². The summed E-state index contributed by atoms with van der Waals surface area (Å²) >= 11 is 0. The minimum Gasteiger partial charge on any atom is -0.425 e. The van der Waals surface area contributed by atoms with Gasteiger partial charge < -0.3 is 4.74 Å². The highest BCUT2D eigenvalue weighted by Crippen LogP contribution is 2.39. The number of hydrogen-bond acceptors (Lipinski definition) is 3. The van der Waals surface area contributed by atoms with Crippen molar-refractivity contribution in [2.24, 2.45) is 0 Å². The SMILES string of the molecule is C=CC1(c2ccccc2)OC(=O)c2ccccc2-c2cc(C)nn21. The highest BCUT2D eigenvalue weighted by molar-refractivity contribution is 5.98. The first-order chi connectivity index (χ1) is 11.7. The fourth-order valence-corrected chi connectivity index (χ4v) is 3.17. The first-order valence-electron chi connectivity index (χ1n) is 7.75. The molecular formula is C20H16N2O2. The normalized spacial score (nSPS) is 19.0. The molecule has 1 atom stereocenters. The van der Waals surface area contributed by atoms with Gasteiger partial charge in [-0.05, 0) is 25.1 Å². The third-order valence-electron chi connectivity index (χ3n) is 4.28. The molecule has 0 bridgehead atoms. The molecule has 1 aromatic heterocycles. The Morgan fingerprint density at radius 1 is 1.08 bits per heavy atom. The molecule has 0 saturated carbocycles. The second kappa shape index (κ2) is 5.20. The van der Waals surface area contributed by atoms with Gasteiger partial charge in [0.25, 0.3) is 5.72 Å². The molecule has 1 unspecified atom stereocenters. The molecule has 4 heteroatoms. The summed E-state index contributed by atoms with van der Waals surface area (Å²) in [5.41, 5.74) is 2.63. The molecule has 4 nitrogen and oxygen atoms in total. The number of aryl methyl sites for hydroxylation is 1. The predicted octanol–water partition coefficient (Wildman–Crippen LogP) is 3.92. The Hall–Kier alpha value is -3.14. The van der Waals surface area contributed by atoms with Gasteiger partial charge in [0.15, 0.2) is 0 Å². The molecule has 1 aliphatic heterocycles. The lowest BCUT2D eigenvalue weighted by molar-refractivity contribution is -0.0149. The van der Waals surface area contributed by atoms with Crippen LogP contribution in [0.2, 0.25) is 0 Å². The van der Waals surface area contributed by atoms with E-state index in [0.29, 0.717) is 5.56 Å². The molecule has 4 rings (SSSR count). The molecule has 3 aromatic rings. The van der Waals surface area contributed by atoms with Crippen molar-refractivity contribution in [2.45, 2.75) is 12.6 Å². The van der Waals surface area contributed by atoms with E-state index in [1.807, 2.05) is 61.5 Å². The molecule has 118 valence electrons. The Morgan fingerprint density at radius 2 is 1.75 bits per heavy atom. The van der Waals surface area contributed by atoms with Gasteiger partial charge in [-0.2, -0.15) is 5.10 Å². The quantitative estimate of drug-likeness (QED) is 0.532. The molecular weight excluding hydrogens is 300 g/mol. The van der Waals surface area contributed by atoms with Crippen molar-refractivity contribution in [2.75, 3.05) is 0 Å². The summed E-state index contributed by atoms with van der Waals surface area (Å²) in [5, 5.41) is 4.61. The van der Waals surface area contributed by atoms with E-state index >= 15 is 0 Å². The van der Waals surface area contributed by atoms with Crippen molar-refractivity contribution >= 4 is 5.97 Å². The molecule has 0 aliphatic carbocycles. The third-order valence-corrected chi connectivity index (χ3v) is 4.28. The maximum Gasteiger partial charge on any atom is 0.341 e. The van der Waals surface area contributed by atoms with Gasteiger partial charge >= 0.3 is 5.97 Å². The van der Waals surface area contributed by atoms with Crippen LogP contribution in [0.5, 0.6) is 0 Å². The lowest BCUT2D eigenvalue weighted by Gasteiger charge is -2.30. The smallest absolute Gasteiger partial charge is 0.341 e. The number of ether oxygens (including phenoxy) is 1. The summed E-state index contributed by atoms with van der Waals surface area (Å²) in [6.45, 7) is 5.86. The highest BCUT2D eigenvalue weighted by atomic mass is 16.6. The maximum absolute atomic E-state index is 12.8. The van der Waals surface area contributed by atoms with Gasteiger partial charge in [-0.3, -0.25) is 0 Å². The number of esters is 1. The molecule has 0 saturated heterocycles. The van der Waals surface area contributed by atoms with Gasteiger partial charge in [0.05, 0.1) is 17.0 Å². The van der Waals surface area contributed by atoms with Crippen molar-refractivity contribution in [3.05, 3.63) is 90.1 Å². The standard InChI is InChI=1S/C20H16N2O2/c1-3-20(15-9-5-4-6-10-15)22-18(13-14(2)21-22)16-11-7-8-12-17(16)19(23)24-20/h3-13H,1H2,2H3. The van der Waals surface area contributed by atoms with Crippen LogP contribution in [-0.4, -0.2) is 15.7 Å². The number of hydrogen-bond donors (Lipinski definition) is 0. The van der Waals surface area contributed by atoms with Crippen LogP contribution in [0.4, 0.5) is 0 Å². The van der Waals surface area contributed by atoms with Crippen LogP contribution in [0.3, 0.4) is 0 Å². The van der Waals surface area contributed by atoms with Gasteiger partial charge in [0.1, 0.15) is 0 Å². The molecule has 2 aromatic carbocycles. The summed E-state index contributed by atoms with van der Waals surface area (Å²) in [5.74, 6) is -0.391.